The highest BCUT2D eigenvalue weighted by Gasteiger charge is 2.31. The molecule has 2 heterocycles. The number of ether oxygens (including phenoxy) is 1. The van der Waals surface area contributed by atoms with Crippen LogP contribution in [0.3, 0.4) is 0 Å². The number of nitrogen functional groups attached to an aromatic ring is 1. The van der Waals surface area contributed by atoms with E-state index >= 15 is 0 Å². The van der Waals surface area contributed by atoms with Crippen molar-refractivity contribution in [2.75, 3.05) is 12.3 Å². The third kappa shape index (κ3) is 2.41. The molecule has 1 aromatic rings. The van der Waals surface area contributed by atoms with Crippen molar-refractivity contribution in [2.24, 2.45) is 0 Å². The number of aromatic nitrogens is 2. The minimum Gasteiger partial charge on any atom is -0.385 e. The lowest BCUT2D eigenvalue weighted by atomic mass is 9.94. The van der Waals surface area contributed by atoms with Gasteiger partial charge in [-0.1, -0.05) is 0 Å². The summed E-state index contributed by atoms with van der Waals surface area (Å²) < 4.78 is 7.04. The maximum absolute atomic E-state index is 11.8. The summed E-state index contributed by atoms with van der Waals surface area (Å²) in [5.74, 6) is 0.210. The van der Waals surface area contributed by atoms with Crippen molar-refractivity contribution in [1.29, 1.82) is 0 Å². The molecule has 1 aromatic heterocycles. The molecule has 1 fully saturated rings. The monoisotopic (exact) mass is 239 g/mol. The second-order valence-electron chi connectivity index (χ2n) is 4.99. The predicted octanol–water partition coefficient (Wildman–Crippen LogP) is 0.249. The quantitative estimate of drug-likeness (QED) is 0.735. The van der Waals surface area contributed by atoms with E-state index in [0.29, 0.717) is 13.0 Å². The molecule has 94 valence electrons. The van der Waals surface area contributed by atoms with Crippen LogP contribution in [0.2, 0.25) is 0 Å². The van der Waals surface area contributed by atoms with Crippen LogP contribution in [0.15, 0.2) is 15.7 Å². The molecule has 6 nitrogen and oxygen atoms in total. The van der Waals surface area contributed by atoms with Gasteiger partial charge in [-0.25, -0.2) is 4.79 Å². The Balaban J connectivity index is 2.41. The molecule has 1 aliphatic heterocycles. The Morgan fingerprint density at radius 2 is 2.24 bits per heavy atom. The summed E-state index contributed by atoms with van der Waals surface area (Å²) in [6.07, 6.45) is 1.42. The van der Waals surface area contributed by atoms with E-state index in [0.717, 1.165) is 6.42 Å². The van der Waals surface area contributed by atoms with E-state index in [1.54, 1.807) is 0 Å². The number of nitrogens with one attached hydrogen (secondary N) is 1. The van der Waals surface area contributed by atoms with Crippen LogP contribution in [-0.4, -0.2) is 21.8 Å². The van der Waals surface area contributed by atoms with E-state index in [-0.39, 0.29) is 17.5 Å². The van der Waals surface area contributed by atoms with Crippen LogP contribution in [-0.2, 0) is 4.74 Å². The van der Waals surface area contributed by atoms with Crippen molar-refractivity contribution in [1.82, 2.24) is 9.55 Å². The van der Waals surface area contributed by atoms with Gasteiger partial charge >= 0.3 is 5.69 Å². The van der Waals surface area contributed by atoms with E-state index in [4.69, 9.17) is 10.5 Å². The molecular formula is C11H17N3O3. The zero-order valence-electron chi connectivity index (χ0n) is 10.0. The number of H-pyrrole nitrogens is 1. The number of hydrogen-bond acceptors (Lipinski definition) is 4. The molecule has 17 heavy (non-hydrogen) atoms. The SMILES string of the molecule is CC1(C)CC(n2c(N)cc(=O)[nH]c2=O)CCO1. The molecule has 0 aliphatic carbocycles. The summed E-state index contributed by atoms with van der Waals surface area (Å²) in [5, 5.41) is 0. The van der Waals surface area contributed by atoms with Crippen LogP contribution < -0.4 is 17.0 Å². The normalized spacial score (nSPS) is 23.5. The average molecular weight is 239 g/mol. The first-order valence-corrected chi connectivity index (χ1v) is 5.64. The van der Waals surface area contributed by atoms with Crippen LogP contribution in [0, 0.1) is 0 Å². The van der Waals surface area contributed by atoms with Crippen molar-refractivity contribution in [3.8, 4) is 0 Å². The highest BCUT2D eigenvalue weighted by atomic mass is 16.5. The lowest BCUT2D eigenvalue weighted by molar-refractivity contribution is -0.0693. The highest BCUT2D eigenvalue weighted by molar-refractivity contribution is 5.27. The largest absolute Gasteiger partial charge is 0.385 e. The van der Waals surface area contributed by atoms with Crippen LogP contribution in [0.5, 0.6) is 0 Å². The zero-order valence-corrected chi connectivity index (χ0v) is 10.0. The standard InChI is InChI=1S/C11H17N3O3/c1-11(2)6-7(3-4-17-11)14-8(12)5-9(15)13-10(14)16/h5,7H,3-4,6,12H2,1-2H3,(H,13,15,16). The minimum absolute atomic E-state index is 0.0249. The number of nitrogens with two attached hydrogens (primary N) is 1. The maximum Gasteiger partial charge on any atom is 0.330 e. The van der Waals surface area contributed by atoms with Crippen LogP contribution >= 0.6 is 0 Å². The molecule has 0 saturated carbocycles. The maximum atomic E-state index is 11.8. The Hall–Kier alpha value is -1.56. The third-order valence-corrected chi connectivity index (χ3v) is 3.04. The molecule has 0 spiro atoms. The summed E-state index contributed by atoms with van der Waals surface area (Å²) in [4.78, 5) is 25.1. The number of rotatable bonds is 1. The third-order valence-electron chi connectivity index (χ3n) is 3.04. The molecule has 1 unspecified atom stereocenters. The zero-order chi connectivity index (χ0) is 12.6. The first-order valence-electron chi connectivity index (χ1n) is 5.64. The van der Waals surface area contributed by atoms with Gasteiger partial charge < -0.3 is 10.5 Å². The number of anilines is 1. The van der Waals surface area contributed by atoms with E-state index in [2.05, 4.69) is 4.98 Å². The molecule has 0 amide bonds. The molecule has 3 N–H and O–H groups in total. The summed E-state index contributed by atoms with van der Waals surface area (Å²) in [5.41, 5.74) is 4.56. The Bertz CT molecular complexity index is 529. The number of nitrogens with zero attached hydrogens (tertiary/aromatic N) is 1. The van der Waals surface area contributed by atoms with Crippen molar-refractivity contribution >= 4 is 5.82 Å². The number of aromatic amines is 1. The smallest absolute Gasteiger partial charge is 0.330 e. The molecule has 1 saturated heterocycles. The first kappa shape index (κ1) is 11.9. The van der Waals surface area contributed by atoms with Gasteiger partial charge in [0.25, 0.3) is 5.56 Å². The topological polar surface area (TPSA) is 90.1 Å². The summed E-state index contributed by atoms with van der Waals surface area (Å²) in [6.45, 7) is 4.54. The fourth-order valence-electron chi connectivity index (χ4n) is 2.32. The van der Waals surface area contributed by atoms with Gasteiger partial charge in [-0.05, 0) is 26.7 Å². The molecule has 0 bridgehead atoms. The van der Waals surface area contributed by atoms with Gasteiger partial charge in [-0.15, -0.1) is 0 Å². The average Bonchev–Trinajstić information content (AvgIpc) is 2.13. The van der Waals surface area contributed by atoms with E-state index in [1.165, 1.54) is 10.6 Å². The fourth-order valence-corrected chi connectivity index (χ4v) is 2.32. The van der Waals surface area contributed by atoms with E-state index < -0.39 is 11.2 Å². The van der Waals surface area contributed by atoms with Crippen molar-refractivity contribution in [2.45, 2.75) is 38.3 Å². The van der Waals surface area contributed by atoms with E-state index in [1.807, 2.05) is 13.8 Å². The van der Waals surface area contributed by atoms with Gasteiger partial charge in [-0.2, -0.15) is 0 Å². The summed E-state index contributed by atoms with van der Waals surface area (Å²) in [7, 11) is 0. The second-order valence-corrected chi connectivity index (χ2v) is 4.99. The molecule has 0 radical (unpaired) electrons. The van der Waals surface area contributed by atoms with Gasteiger partial charge in [-0.3, -0.25) is 14.3 Å². The molecule has 6 heteroatoms. The van der Waals surface area contributed by atoms with Crippen LogP contribution in [0.1, 0.15) is 32.7 Å². The molecular weight excluding hydrogens is 222 g/mol. The van der Waals surface area contributed by atoms with Gasteiger partial charge in [0.2, 0.25) is 0 Å². The summed E-state index contributed by atoms with van der Waals surface area (Å²) >= 11 is 0. The number of hydrogen-bond donors (Lipinski definition) is 2. The molecule has 1 aliphatic rings. The van der Waals surface area contributed by atoms with Crippen molar-refractivity contribution in [3.05, 3.63) is 26.9 Å². The summed E-state index contributed by atoms with van der Waals surface area (Å²) in [6, 6.07) is 1.22. The highest BCUT2D eigenvalue weighted by Crippen LogP contribution is 2.31. The van der Waals surface area contributed by atoms with E-state index in [9.17, 15) is 9.59 Å². The molecule has 0 aromatic carbocycles. The Labute approximate surface area is 98.4 Å². The van der Waals surface area contributed by atoms with Gasteiger partial charge in [0.1, 0.15) is 5.82 Å². The van der Waals surface area contributed by atoms with Crippen molar-refractivity contribution < 1.29 is 4.74 Å². The van der Waals surface area contributed by atoms with Crippen LogP contribution in [0.25, 0.3) is 0 Å². The molecule has 2 rings (SSSR count). The van der Waals surface area contributed by atoms with Gasteiger partial charge in [0.05, 0.1) is 5.60 Å². The van der Waals surface area contributed by atoms with Crippen molar-refractivity contribution in [3.63, 3.8) is 0 Å². The van der Waals surface area contributed by atoms with Crippen LogP contribution in [0.4, 0.5) is 5.82 Å². The minimum atomic E-state index is -0.463. The Kier molecular flexibility index (Phi) is 2.82. The lowest BCUT2D eigenvalue weighted by Gasteiger charge is -2.36. The predicted molar refractivity (Wildman–Crippen MR) is 64.0 cm³/mol. The second kappa shape index (κ2) is 4.03. The van der Waals surface area contributed by atoms with Gasteiger partial charge in [0, 0.05) is 18.7 Å². The first-order chi connectivity index (χ1) is 7.89. The fraction of sp³-hybridized carbons (Fsp3) is 0.636. The Morgan fingerprint density at radius 1 is 1.53 bits per heavy atom. The lowest BCUT2D eigenvalue weighted by Crippen LogP contribution is -2.41. The Morgan fingerprint density at radius 3 is 2.82 bits per heavy atom. The van der Waals surface area contributed by atoms with Gasteiger partial charge in [0.15, 0.2) is 0 Å². The molecule has 1 atom stereocenters.